The number of amides is 1. The molecule has 160 valence electrons. The Morgan fingerprint density at radius 2 is 2.07 bits per heavy atom. The summed E-state index contributed by atoms with van der Waals surface area (Å²) in [6.45, 7) is 3.41. The minimum Gasteiger partial charge on any atom is -0.496 e. The highest BCUT2D eigenvalue weighted by Crippen LogP contribution is 2.32. The predicted octanol–water partition coefficient (Wildman–Crippen LogP) is 2.27. The molecule has 2 N–H and O–H groups in total. The molecule has 3 aromatic rings. The molecule has 0 aliphatic carbocycles. The van der Waals surface area contributed by atoms with Crippen LogP contribution in [-0.4, -0.2) is 38.1 Å². The molecule has 1 aromatic carbocycles. The SMILES string of the molecule is CCc1nc(-c2cc(S(=O)(=O)NCC(=O)NCc3ccccc3OC)c(C)s2)no1. The number of nitrogens with zero attached hydrogens (tertiary/aromatic N) is 2. The molecule has 0 fully saturated rings. The maximum atomic E-state index is 12.7. The number of thiophene rings is 1. The third-order valence-electron chi connectivity index (χ3n) is 4.24. The second-order valence-electron chi connectivity index (χ2n) is 6.31. The standard InChI is InChI=1S/C19H22N4O5S2/c1-4-18-22-19(23-28-18)15-9-16(12(2)29-15)30(25,26)21-11-17(24)20-10-13-7-5-6-8-14(13)27-3/h5-9,21H,4,10-11H2,1-3H3,(H,20,24). The normalized spacial score (nSPS) is 11.4. The van der Waals surface area contributed by atoms with Gasteiger partial charge < -0.3 is 14.6 Å². The van der Waals surface area contributed by atoms with Gasteiger partial charge in [-0.1, -0.05) is 30.3 Å². The quantitative estimate of drug-likeness (QED) is 0.512. The number of para-hydroxylation sites is 1. The Kier molecular flexibility index (Phi) is 6.85. The number of carbonyl (C=O) groups is 1. The molecule has 0 bridgehead atoms. The first-order valence-electron chi connectivity index (χ1n) is 9.15. The Bertz CT molecular complexity index is 1140. The molecule has 0 unspecified atom stereocenters. The van der Waals surface area contributed by atoms with Gasteiger partial charge in [-0.25, -0.2) is 13.1 Å². The second kappa shape index (κ2) is 9.37. The van der Waals surface area contributed by atoms with E-state index in [1.807, 2.05) is 25.1 Å². The van der Waals surface area contributed by atoms with E-state index in [0.29, 0.717) is 33.6 Å². The summed E-state index contributed by atoms with van der Waals surface area (Å²) >= 11 is 1.25. The van der Waals surface area contributed by atoms with Crippen LogP contribution in [0.5, 0.6) is 5.75 Å². The molecule has 0 saturated carbocycles. The van der Waals surface area contributed by atoms with E-state index in [4.69, 9.17) is 9.26 Å². The van der Waals surface area contributed by atoms with Crippen LogP contribution in [0, 0.1) is 6.92 Å². The van der Waals surface area contributed by atoms with Crippen LogP contribution in [0.1, 0.15) is 23.3 Å². The minimum atomic E-state index is -3.88. The predicted molar refractivity (Wildman–Crippen MR) is 112 cm³/mol. The van der Waals surface area contributed by atoms with Gasteiger partial charge in [-0.15, -0.1) is 11.3 Å². The summed E-state index contributed by atoms with van der Waals surface area (Å²) in [7, 11) is -2.33. The number of carbonyl (C=O) groups excluding carboxylic acids is 1. The maximum absolute atomic E-state index is 12.7. The van der Waals surface area contributed by atoms with Crippen LogP contribution in [0.4, 0.5) is 0 Å². The molecule has 2 heterocycles. The van der Waals surface area contributed by atoms with E-state index in [1.54, 1.807) is 20.1 Å². The van der Waals surface area contributed by atoms with Gasteiger partial charge in [0, 0.05) is 23.4 Å². The molecule has 0 saturated heterocycles. The summed E-state index contributed by atoms with van der Waals surface area (Å²) in [5.41, 5.74) is 0.793. The lowest BCUT2D eigenvalue weighted by atomic mass is 10.2. The van der Waals surface area contributed by atoms with Crippen molar-refractivity contribution in [3.8, 4) is 16.5 Å². The maximum Gasteiger partial charge on any atom is 0.242 e. The Hall–Kier alpha value is -2.76. The van der Waals surface area contributed by atoms with Crippen LogP contribution < -0.4 is 14.8 Å². The van der Waals surface area contributed by atoms with Gasteiger partial charge in [0.15, 0.2) is 0 Å². The van der Waals surface area contributed by atoms with Crippen LogP contribution in [0.25, 0.3) is 10.7 Å². The number of methoxy groups -OCH3 is 1. The van der Waals surface area contributed by atoms with Crippen molar-refractivity contribution in [2.24, 2.45) is 0 Å². The molecule has 2 aromatic heterocycles. The highest BCUT2D eigenvalue weighted by atomic mass is 32.2. The Morgan fingerprint density at radius 3 is 2.77 bits per heavy atom. The third kappa shape index (κ3) is 5.04. The van der Waals surface area contributed by atoms with Gasteiger partial charge in [0.2, 0.25) is 27.6 Å². The van der Waals surface area contributed by atoms with Gasteiger partial charge in [0.05, 0.1) is 23.4 Å². The van der Waals surface area contributed by atoms with Crippen LogP contribution in [0.2, 0.25) is 0 Å². The summed E-state index contributed by atoms with van der Waals surface area (Å²) in [6, 6.07) is 8.75. The van der Waals surface area contributed by atoms with Gasteiger partial charge >= 0.3 is 0 Å². The average Bonchev–Trinajstić information content (AvgIpc) is 3.37. The van der Waals surface area contributed by atoms with Gasteiger partial charge in [-0.2, -0.15) is 4.98 Å². The highest BCUT2D eigenvalue weighted by molar-refractivity contribution is 7.89. The molecule has 0 spiro atoms. The molecule has 30 heavy (non-hydrogen) atoms. The van der Waals surface area contributed by atoms with E-state index >= 15 is 0 Å². The Balaban J connectivity index is 1.63. The number of aromatic nitrogens is 2. The number of benzene rings is 1. The van der Waals surface area contributed by atoms with Gasteiger partial charge in [-0.05, 0) is 19.1 Å². The van der Waals surface area contributed by atoms with Crippen LogP contribution in [0.15, 0.2) is 39.8 Å². The van der Waals surface area contributed by atoms with E-state index in [-0.39, 0.29) is 18.0 Å². The number of ether oxygens (including phenoxy) is 1. The Morgan fingerprint density at radius 1 is 1.30 bits per heavy atom. The fourth-order valence-corrected chi connectivity index (χ4v) is 5.18. The monoisotopic (exact) mass is 450 g/mol. The summed E-state index contributed by atoms with van der Waals surface area (Å²) in [5.74, 6) is 1.01. The van der Waals surface area contributed by atoms with Crippen LogP contribution in [0.3, 0.4) is 0 Å². The summed E-state index contributed by atoms with van der Waals surface area (Å²) in [5, 5.41) is 6.55. The lowest BCUT2D eigenvalue weighted by molar-refractivity contribution is -0.120. The number of sulfonamides is 1. The number of aryl methyl sites for hydroxylation is 2. The molecule has 0 radical (unpaired) electrons. The number of hydrogen-bond acceptors (Lipinski definition) is 8. The highest BCUT2D eigenvalue weighted by Gasteiger charge is 2.23. The van der Waals surface area contributed by atoms with Crippen LogP contribution >= 0.6 is 11.3 Å². The molecule has 0 aliphatic rings. The number of rotatable bonds is 9. The van der Waals surface area contributed by atoms with Crippen LogP contribution in [-0.2, 0) is 27.8 Å². The van der Waals surface area contributed by atoms with E-state index in [1.165, 1.54) is 17.4 Å². The zero-order valence-corrected chi connectivity index (χ0v) is 18.4. The largest absolute Gasteiger partial charge is 0.496 e. The smallest absolute Gasteiger partial charge is 0.242 e. The lowest BCUT2D eigenvalue weighted by Crippen LogP contribution is -2.36. The van der Waals surface area contributed by atoms with Crippen molar-refractivity contribution in [2.75, 3.05) is 13.7 Å². The van der Waals surface area contributed by atoms with Gasteiger partial charge in [-0.3, -0.25) is 4.79 Å². The summed E-state index contributed by atoms with van der Waals surface area (Å²) in [6.07, 6.45) is 0.591. The zero-order chi connectivity index (χ0) is 21.7. The summed E-state index contributed by atoms with van der Waals surface area (Å²) < 4.78 is 38.0. The summed E-state index contributed by atoms with van der Waals surface area (Å²) in [4.78, 5) is 17.6. The van der Waals surface area contributed by atoms with E-state index in [2.05, 4.69) is 20.2 Å². The van der Waals surface area contributed by atoms with Crippen molar-refractivity contribution in [3.63, 3.8) is 0 Å². The number of hydrogen-bond donors (Lipinski definition) is 2. The van der Waals surface area contributed by atoms with Crippen molar-refractivity contribution in [2.45, 2.75) is 31.7 Å². The zero-order valence-electron chi connectivity index (χ0n) is 16.8. The average molecular weight is 451 g/mol. The fraction of sp³-hybridized carbons (Fsp3) is 0.316. The molecule has 0 atom stereocenters. The first-order valence-corrected chi connectivity index (χ1v) is 11.5. The van der Waals surface area contributed by atoms with Gasteiger partial charge in [0.25, 0.3) is 0 Å². The fourth-order valence-electron chi connectivity index (χ4n) is 2.68. The third-order valence-corrected chi connectivity index (χ3v) is 6.95. The number of nitrogens with one attached hydrogen (secondary N) is 2. The van der Waals surface area contributed by atoms with Gasteiger partial charge in [0.1, 0.15) is 5.75 Å². The van der Waals surface area contributed by atoms with Crippen molar-refractivity contribution in [1.29, 1.82) is 0 Å². The Labute approximate surface area is 178 Å². The van der Waals surface area contributed by atoms with E-state index in [0.717, 1.165) is 5.56 Å². The minimum absolute atomic E-state index is 0.0860. The first kappa shape index (κ1) is 21.9. The molecular formula is C19H22N4O5S2. The van der Waals surface area contributed by atoms with E-state index in [9.17, 15) is 13.2 Å². The molecule has 9 nitrogen and oxygen atoms in total. The molecule has 0 aliphatic heterocycles. The van der Waals surface area contributed by atoms with Crippen molar-refractivity contribution < 1.29 is 22.5 Å². The topological polar surface area (TPSA) is 123 Å². The lowest BCUT2D eigenvalue weighted by Gasteiger charge is -2.10. The molecular weight excluding hydrogens is 428 g/mol. The van der Waals surface area contributed by atoms with Crippen molar-refractivity contribution >= 4 is 27.3 Å². The second-order valence-corrected chi connectivity index (χ2v) is 9.30. The molecule has 3 rings (SSSR count). The first-order chi connectivity index (χ1) is 14.3. The van der Waals surface area contributed by atoms with Crippen molar-refractivity contribution in [3.05, 3.63) is 46.7 Å². The van der Waals surface area contributed by atoms with E-state index < -0.39 is 15.9 Å². The van der Waals surface area contributed by atoms with Crippen molar-refractivity contribution in [1.82, 2.24) is 20.2 Å². The molecule has 1 amide bonds. The molecule has 11 heteroatoms.